The maximum absolute atomic E-state index is 16.4. The molecule has 28 nitrogen and oxygen atoms in total. The van der Waals surface area contributed by atoms with E-state index in [1.807, 2.05) is 97.1 Å². The van der Waals surface area contributed by atoms with Crippen molar-refractivity contribution < 1.29 is 76.6 Å². The first-order valence-corrected chi connectivity index (χ1v) is 47.3. The second-order valence-corrected chi connectivity index (χ2v) is 43.0. The summed E-state index contributed by atoms with van der Waals surface area (Å²) in [5, 5.41) is 25.7. The van der Waals surface area contributed by atoms with Gasteiger partial charge in [0.05, 0.1) is 0 Å². The highest BCUT2D eigenvalue weighted by molar-refractivity contribution is 8.22. The van der Waals surface area contributed by atoms with Crippen LogP contribution in [-0.4, -0.2) is 183 Å². The number of imide groups is 2. The fourth-order valence-corrected chi connectivity index (χ4v) is 23.2. The summed E-state index contributed by atoms with van der Waals surface area (Å²) in [6, 6.07) is 45.4. The Balaban J connectivity index is 1.00. The van der Waals surface area contributed by atoms with E-state index in [0.29, 0.717) is 31.0 Å². The summed E-state index contributed by atoms with van der Waals surface area (Å²) in [7, 11) is 0. The molecule has 126 heavy (non-hydrogen) atoms. The van der Waals surface area contributed by atoms with Gasteiger partial charge in [-0.25, -0.2) is 19.4 Å². The predicted molar refractivity (Wildman–Crippen MR) is 490 cm³/mol. The van der Waals surface area contributed by atoms with E-state index in [1.54, 1.807) is 135 Å². The van der Waals surface area contributed by atoms with Crippen LogP contribution in [0.15, 0.2) is 218 Å². The fraction of sp³-hybridized carbons (Fsp3) is 0.340. The first-order chi connectivity index (χ1) is 59.5. The molecule has 0 fully saturated rings. The number of benzene rings is 8. The minimum absolute atomic E-state index is 0.380. The summed E-state index contributed by atoms with van der Waals surface area (Å²) < 4.78 is 12.6. The number of nitrogens with one attached hydrogen (secondary N) is 9. The van der Waals surface area contributed by atoms with E-state index in [9.17, 15) is 28.8 Å². The highest BCUT2D eigenvalue weighted by Gasteiger charge is 2.50. The van der Waals surface area contributed by atoms with Crippen LogP contribution in [0, 0.1) is 5.92 Å². The number of primary amides is 1. The molecular formula is C94H108N12O16P2S2. The highest BCUT2D eigenvalue weighted by atomic mass is 32.4. The van der Waals surface area contributed by atoms with Gasteiger partial charge in [0.1, 0.15) is 78.2 Å². The second kappa shape index (κ2) is 40.7. The summed E-state index contributed by atoms with van der Waals surface area (Å²) in [6.07, 6.45) is -3.71. The van der Waals surface area contributed by atoms with Crippen LogP contribution in [0.25, 0.3) is 22.3 Å². The number of hydrogen-bond donors (Lipinski definition) is 10. The lowest BCUT2D eigenvalue weighted by Gasteiger charge is -2.38. The zero-order valence-corrected chi connectivity index (χ0v) is 76.1. The molecule has 10 rings (SSSR count). The molecule has 0 saturated carbocycles. The zero-order chi connectivity index (χ0) is 92.1. The smallest absolute Gasteiger partial charge is 0.417 e. The second-order valence-electron chi connectivity index (χ2n) is 33.5. The molecule has 0 saturated heterocycles. The number of ether oxygens (including phenoxy) is 2. The Morgan fingerprint density at radius 2 is 0.659 bits per heavy atom. The van der Waals surface area contributed by atoms with Crippen LogP contribution in [0.3, 0.4) is 0 Å². The van der Waals surface area contributed by atoms with Crippen LogP contribution in [0.2, 0.25) is 0 Å². The molecule has 0 heterocycles. The first kappa shape index (κ1) is 95.9. The van der Waals surface area contributed by atoms with Crippen LogP contribution in [-0.2, 0) is 90.6 Å². The van der Waals surface area contributed by atoms with Crippen LogP contribution < -0.4 is 74.8 Å². The monoisotopic (exact) mass is 1790 g/mol. The molecule has 0 spiro atoms. The van der Waals surface area contributed by atoms with Gasteiger partial charge < -0.3 is 63.1 Å². The molecule has 0 aromatic heterocycles. The SMILES string of the molecule is CC(=O)N[C@@H](C)C(=O)NC(C)(C)C(=O)N[C@@H](C)C(=O)N(C(=O)OCC1c2ccccc2-c2ccccc21)[C@@H](CP(=S)(c1ccccc1)c1ccccc1)C(=O)N[C@H](C(=O)N[C@@H](C)C(=O)NC(C)(C)C(=O)N(C(=O)OCC1c2ccccc2-c2ccccc21)[C@@H](CP(=S)(c1ccccc1)c1ccccc1)C(=O)N[C@@H](C)C(=O)NC(C)(C)C(=O)N[C@@H](C)C(N)=O)C(C)C. The number of amides is 14. The minimum atomic E-state index is -3.47. The highest BCUT2D eigenvalue weighted by Crippen LogP contribution is 2.49. The Morgan fingerprint density at radius 1 is 0.365 bits per heavy atom. The van der Waals surface area contributed by atoms with Gasteiger partial charge in [0, 0.05) is 43.2 Å². The number of carbonyl (C=O) groups excluding carboxylic acids is 14. The summed E-state index contributed by atoms with van der Waals surface area (Å²) >= 11 is 13.6. The largest absolute Gasteiger partial charge is 0.448 e. The van der Waals surface area contributed by atoms with E-state index in [2.05, 4.69) is 47.9 Å². The molecule has 14 amide bonds. The van der Waals surface area contributed by atoms with E-state index < -0.39 is 197 Å². The van der Waals surface area contributed by atoms with Crippen molar-refractivity contribution in [1.29, 1.82) is 0 Å². The molecule has 8 aromatic rings. The Hall–Kier alpha value is -12.4. The van der Waals surface area contributed by atoms with Gasteiger partial charge in [-0.15, -0.1) is 0 Å². The van der Waals surface area contributed by atoms with Crippen LogP contribution in [0.5, 0.6) is 0 Å². The molecule has 32 heteroatoms. The number of carbonyl (C=O) groups is 14. The maximum atomic E-state index is 16.4. The first-order valence-electron chi connectivity index (χ1n) is 41.3. The average Bonchev–Trinajstić information content (AvgIpc) is 1.57. The van der Waals surface area contributed by atoms with Gasteiger partial charge in [-0.05, 0) is 148 Å². The van der Waals surface area contributed by atoms with Gasteiger partial charge >= 0.3 is 12.2 Å². The molecule has 0 aliphatic heterocycles. The maximum Gasteiger partial charge on any atom is 0.417 e. The number of nitrogens with zero attached hydrogens (tertiary/aromatic N) is 2. The van der Waals surface area contributed by atoms with Crippen molar-refractivity contribution in [2.45, 2.75) is 174 Å². The van der Waals surface area contributed by atoms with E-state index >= 15 is 38.4 Å². The molecule has 11 N–H and O–H groups in total. The van der Waals surface area contributed by atoms with Crippen molar-refractivity contribution in [3.8, 4) is 22.3 Å². The molecule has 2 aliphatic carbocycles. The van der Waals surface area contributed by atoms with Gasteiger partial charge in [0.15, 0.2) is 0 Å². The molecule has 2 aliphatic rings. The van der Waals surface area contributed by atoms with Gasteiger partial charge in [-0.3, -0.25) is 57.5 Å². The van der Waals surface area contributed by atoms with Crippen LogP contribution in [0.1, 0.15) is 131 Å². The Labute approximate surface area is 743 Å². The normalized spacial score (nSPS) is 14.4. The third-order valence-corrected chi connectivity index (χ3v) is 32.0. The van der Waals surface area contributed by atoms with E-state index in [4.69, 9.17) is 38.8 Å². The summed E-state index contributed by atoms with van der Waals surface area (Å²) in [6.45, 7) is 18.1. The lowest BCUT2D eigenvalue weighted by atomic mass is 9.98. The third kappa shape index (κ3) is 22.1. The number of hydrogen-bond acceptors (Lipinski definition) is 18. The Kier molecular flexibility index (Phi) is 31.0. The van der Waals surface area contributed by atoms with E-state index in [1.165, 1.54) is 83.1 Å². The number of rotatable bonds is 35. The predicted octanol–water partition coefficient (Wildman–Crippen LogP) is 7.39. The molecule has 0 unspecified atom stereocenters. The molecule has 8 aromatic carbocycles. The lowest BCUT2D eigenvalue weighted by molar-refractivity contribution is -0.145. The van der Waals surface area contributed by atoms with E-state index in [-0.39, 0.29) is 6.61 Å². The molecule has 0 bridgehead atoms. The minimum Gasteiger partial charge on any atom is -0.448 e. The summed E-state index contributed by atoms with van der Waals surface area (Å²) in [5.74, 6) is -13.6. The number of nitrogens with two attached hydrogens (primary N) is 1. The molecule has 662 valence electrons. The van der Waals surface area contributed by atoms with Gasteiger partial charge in [0.2, 0.25) is 59.1 Å². The van der Waals surface area contributed by atoms with Gasteiger partial charge in [-0.2, -0.15) is 0 Å². The van der Waals surface area contributed by atoms with Crippen molar-refractivity contribution in [3.05, 3.63) is 241 Å². The summed E-state index contributed by atoms with van der Waals surface area (Å²) in [4.78, 5) is 208. The van der Waals surface area contributed by atoms with E-state index in [0.717, 1.165) is 44.5 Å². The average molecular weight is 1790 g/mol. The number of fused-ring (bicyclic) bond motifs is 6. The van der Waals surface area contributed by atoms with Gasteiger partial charge in [0.25, 0.3) is 11.8 Å². The molecule has 8 atom stereocenters. The van der Waals surface area contributed by atoms with Crippen LogP contribution >= 0.6 is 12.1 Å². The fourth-order valence-electron chi connectivity index (χ4n) is 15.2. The van der Waals surface area contributed by atoms with Crippen molar-refractivity contribution in [1.82, 2.24) is 57.7 Å². The Morgan fingerprint density at radius 3 is 1.00 bits per heavy atom. The van der Waals surface area contributed by atoms with Crippen LogP contribution in [0.4, 0.5) is 9.59 Å². The molecular weight excluding hydrogens is 1680 g/mol. The Bertz CT molecular complexity index is 5390. The van der Waals surface area contributed by atoms with Crippen molar-refractivity contribution >= 4 is 140 Å². The van der Waals surface area contributed by atoms with Crippen molar-refractivity contribution in [3.63, 3.8) is 0 Å². The topological polar surface area (TPSA) is 398 Å². The summed E-state index contributed by atoms with van der Waals surface area (Å²) in [5.41, 5.74) is 6.29. The third-order valence-electron chi connectivity index (χ3n) is 22.3. The quantitative estimate of drug-likeness (QED) is 0.0173. The van der Waals surface area contributed by atoms with Crippen molar-refractivity contribution in [2.24, 2.45) is 11.7 Å². The zero-order valence-electron chi connectivity index (χ0n) is 72.7. The van der Waals surface area contributed by atoms with Gasteiger partial charge in [-0.1, -0.05) is 256 Å². The van der Waals surface area contributed by atoms with Crippen molar-refractivity contribution in [2.75, 3.05) is 25.5 Å². The standard InChI is InChI=1S/C94H108N12O16P2S2/c1-55(2)78(101-84(113)76(53-123(125,62-35-19-15-20-36-62)63-37-21-16-22-38-63)105(86(115)60(7)100-88(117)93(11,12)102-80(109)57(4)96-61(8)107)90(119)121-51-74-70-47-31-27-43-66(70)67-44-28-32-48-71(67)74)85(114)98-59(6)82(111)104-94(13,14)89(118)106(91(120)122-52-75-72-49-33-29-45-68(72)69-46-30-34-50-73(69)75)77(54-124(126,64-39-23-17-24-40-64)65-41-25-18-26-42-65)83(112)97-58(5)81(110)103-92(9,10)87(116)99-56(3)79(95)108/h15-50,55-60,74-78H,51-54H2,1-14H3,(H2,95,108)(H,96,107)(H,97,112)(H,98,114)(H,99,116)(H,100,117)(H,101,113)(H,102,109)(H,103,110)(H,104,111)/t56-,57-,58-,59-,60-,76-,77-,78-/m0/s1. The molecule has 0 radical (unpaired) electrons. The lowest BCUT2D eigenvalue weighted by Crippen LogP contribution is -2.66.